The molecule has 0 atom stereocenters. The zero-order valence-electron chi connectivity index (χ0n) is 14.4. The molecular weight excluding hydrogens is 346 g/mol. The highest BCUT2D eigenvalue weighted by molar-refractivity contribution is 8.34. The second-order valence-corrected chi connectivity index (χ2v) is 5.82. The first-order valence-electron chi connectivity index (χ1n) is 7.42. The largest absolute Gasteiger partial charge is 0.399 e. The lowest BCUT2D eigenvalue weighted by Crippen LogP contribution is -2.10. The van der Waals surface area contributed by atoms with E-state index in [0.717, 1.165) is 33.4 Å². The average molecular weight is 368 g/mol. The maximum atomic E-state index is 5.81. The molecule has 1 rings (SSSR count). The summed E-state index contributed by atoms with van der Waals surface area (Å²) in [7, 11) is 8.34. The van der Waals surface area contributed by atoms with Gasteiger partial charge in [0.1, 0.15) is 24.5 Å². The summed E-state index contributed by atoms with van der Waals surface area (Å²) in [5.41, 5.74) is 4.53. The SMILES string of the molecule is C=CN=C(SCl)/C(CC)=N/OCc1c(C)cccc1/C(C)=N\OC. The fraction of sp³-hybridized carbons (Fsp3) is 0.353. The predicted molar refractivity (Wildman–Crippen MR) is 104 cm³/mol. The van der Waals surface area contributed by atoms with Gasteiger partial charge in [-0.1, -0.05) is 42.0 Å². The van der Waals surface area contributed by atoms with Gasteiger partial charge in [-0.2, -0.15) is 0 Å². The predicted octanol–water partition coefficient (Wildman–Crippen LogP) is 5.08. The van der Waals surface area contributed by atoms with Gasteiger partial charge in [0.05, 0.1) is 5.71 Å². The van der Waals surface area contributed by atoms with Gasteiger partial charge in [-0.15, -0.1) is 0 Å². The number of hydrogen-bond donors (Lipinski definition) is 0. The van der Waals surface area contributed by atoms with Crippen LogP contribution in [0, 0.1) is 6.92 Å². The summed E-state index contributed by atoms with van der Waals surface area (Å²) in [6, 6.07) is 5.97. The monoisotopic (exact) mass is 367 g/mol. The van der Waals surface area contributed by atoms with Gasteiger partial charge in [0.15, 0.2) is 0 Å². The van der Waals surface area contributed by atoms with Crippen LogP contribution in [0.1, 0.15) is 37.0 Å². The Balaban J connectivity index is 3.02. The van der Waals surface area contributed by atoms with E-state index in [-0.39, 0.29) is 0 Å². The van der Waals surface area contributed by atoms with Crippen LogP contribution in [-0.2, 0) is 16.3 Å². The summed E-state index contributed by atoms with van der Waals surface area (Å²) in [6.07, 6.45) is 2.08. The molecule has 1 aromatic carbocycles. The summed E-state index contributed by atoms with van der Waals surface area (Å²) >= 11 is 0. The molecule has 0 saturated heterocycles. The topological polar surface area (TPSA) is 55.5 Å². The number of benzene rings is 1. The molecule has 0 aliphatic rings. The maximum Gasteiger partial charge on any atom is 0.143 e. The normalized spacial score (nSPS) is 13.0. The fourth-order valence-electron chi connectivity index (χ4n) is 2.07. The summed E-state index contributed by atoms with van der Waals surface area (Å²) < 4.78 is 0. The van der Waals surface area contributed by atoms with Gasteiger partial charge in [0.25, 0.3) is 0 Å². The number of aliphatic imine (C=N–C) groups is 1. The second-order valence-electron chi connectivity index (χ2n) is 4.82. The zero-order chi connectivity index (χ0) is 17.9. The Kier molecular flexibility index (Phi) is 9.19. The number of rotatable bonds is 8. The van der Waals surface area contributed by atoms with Crippen LogP contribution >= 0.6 is 21.7 Å². The first-order chi connectivity index (χ1) is 11.6. The Morgan fingerprint density at radius 3 is 2.71 bits per heavy atom. The van der Waals surface area contributed by atoms with Crippen LogP contribution in [0.25, 0.3) is 0 Å². The molecule has 0 radical (unpaired) electrons. The van der Waals surface area contributed by atoms with E-state index in [9.17, 15) is 0 Å². The molecule has 0 aliphatic carbocycles. The molecule has 0 spiro atoms. The number of halogens is 1. The maximum absolute atomic E-state index is 5.81. The van der Waals surface area contributed by atoms with Gasteiger partial charge in [-0.05, 0) is 36.5 Å². The van der Waals surface area contributed by atoms with Crippen LogP contribution in [0.4, 0.5) is 0 Å². The highest BCUT2D eigenvalue weighted by Crippen LogP contribution is 2.18. The van der Waals surface area contributed by atoms with Crippen molar-refractivity contribution in [2.45, 2.75) is 33.8 Å². The molecule has 0 aromatic heterocycles. The van der Waals surface area contributed by atoms with Gasteiger partial charge in [0.2, 0.25) is 0 Å². The van der Waals surface area contributed by atoms with E-state index in [1.54, 1.807) is 0 Å². The minimum Gasteiger partial charge on any atom is -0.399 e. The average Bonchev–Trinajstić information content (AvgIpc) is 2.58. The number of aryl methyl sites for hydroxylation is 1. The van der Waals surface area contributed by atoms with Gasteiger partial charge in [-0.25, -0.2) is 4.99 Å². The Morgan fingerprint density at radius 2 is 2.12 bits per heavy atom. The highest BCUT2D eigenvalue weighted by Gasteiger charge is 2.11. The van der Waals surface area contributed by atoms with Crippen LogP contribution in [-0.4, -0.2) is 23.6 Å². The number of nitrogens with zero attached hydrogens (tertiary/aromatic N) is 3. The highest BCUT2D eigenvalue weighted by atomic mass is 35.7. The van der Waals surface area contributed by atoms with Crippen LogP contribution in [0.15, 0.2) is 46.3 Å². The molecule has 7 heteroatoms. The Labute approximate surface area is 152 Å². The van der Waals surface area contributed by atoms with Crippen molar-refractivity contribution in [2.75, 3.05) is 7.11 Å². The first-order valence-corrected chi connectivity index (χ1v) is 9.06. The van der Waals surface area contributed by atoms with Crippen LogP contribution in [0.3, 0.4) is 0 Å². The summed E-state index contributed by atoms with van der Waals surface area (Å²) in [6.45, 7) is 9.76. The van der Waals surface area contributed by atoms with E-state index >= 15 is 0 Å². The van der Waals surface area contributed by atoms with Gasteiger partial charge in [-0.3, -0.25) is 0 Å². The van der Waals surface area contributed by atoms with E-state index in [2.05, 4.69) is 21.9 Å². The third-order valence-electron chi connectivity index (χ3n) is 3.28. The van der Waals surface area contributed by atoms with E-state index in [1.807, 2.05) is 39.0 Å². The molecule has 0 heterocycles. The number of hydrogen-bond acceptors (Lipinski definition) is 6. The molecular formula is C17H22ClN3O2S. The van der Waals surface area contributed by atoms with Crippen LogP contribution < -0.4 is 0 Å². The smallest absolute Gasteiger partial charge is 0.143 e. The van der Waals surface area contributed by atoms with E-state index in [0.29, 0.717) is 23.8 Å². The molecule has 0 bridgehead atoms. The van der Waals surface area contributed by atoms with Crippen molar-refractivity contribution in [3.05, 3.63) is 47.7 Å². The van der Waals surface area contributed by atoms with Crippen molar-refractivity contribution in [3.8, 4) is 0 Å². The molecule has 0 aliphatic heterocycles. The van der Waals surface area contributed by atoms with Crippen LogP contribution in [0.5, 0.6) is 0 Å². The van der Waals surface area contributed by atoms with Crippen molar-refractivity contribution in [3.63, 3.8) is 0 Å². The van der Waals surface area contributed by atoms with E-state index in [1.165, 1.54) is 13.3 Å². The van der Waals surface area contributed by atoms with Crippen molar-refractivity contribution in [1.29, 1.82) is 0 Å². The third kappa shape index (κ3) is 5.69. The minimum atomic E-state index is 0.316. The Hall–Kier alpha value is -1.79. The van der Waals surface area contributed by atoms with Crippen molar-refractivity contribution < 1.29 is 9.68 Å². The van der Waals surface area contributed by atoms with Gasteiger partial charge < -0.3 is 9.68 Å². The lowest BCUT2D eigenvalue weighted by Gasteiger charge is -2.12. The lowest BCUT2D eigenvalue weighted by atomic mass is 10.00. The van der Waals surface area contributed by atoms with Gasteiger partial charge in [0, 0.05) is 28.3 Å². The second kappa shape index (κ2) is 10.9. The lowest BCUT2D eigenvalue weighted by molar-refractivity contribution is 0.130. The van der Waals surface area contributed by atoms with E-state index < -0.39 is 0 Å². The quantitative estimate of drug-likeness (QED) is 0.366. The Bertz CT molecular complexity index is 657. The molecule has 0 fully saturated rings. The molecule has 5 nitrogen and oxygen atoms in total. The van der Waals surface area contributed by atoms with Gasteiger partial charge >= 0.3 is 0 Å². The molecule has 0 N–H and O–H groups in total. The molecule has 24 heavy (non-hydrogen) atoms. The Morgan fingerprint density at radius 1 is 1.38 bits per heavy atom. The summed E-state index contributed by atoms with van der Waals surface area (Å²) in [5, 5.41) is 8.75. The number of oxime groups is 2. The minimum absolute atomic E-state index is 0.316. The van der Waals surface area contributed by atoms with Crippen molar-refractivity contribution >= 4 is 38.1 Å². The third-order valence-corrected chi connectivity index (χ3v) is 4.20. The van der Waals surface area contributed by atoms with Crippen molar-refractivity contribution in [2.24, 2.45) is 15.3 Å². The summed E-state index contributed by atoms with van der Waals surface area (Å²) in [5.74, 6) is 0. The molecule has 0 amide bonds. The zero-order valence-corrected chi connectivity index (χ0v) is 15.9. The van der Waals surface area contributed by atoms with Crippen molar-refractivity contribution in [1.82, 2.24) is 0 Å². The molecule has 130 valence electrons. The molecule has 0 unspecified atom stereocenters. The van der Waals surface area contributed by atoms with Crippen LogP contribution in [0.2, 0.25) is 0 Å². The standard InChI is InChI=1S/C17H22ClN3O2S/c1-6-16(17(24-18)19-7-2)21-23-11-15-12(3)9-8-10-14(15)13(4)20-22-5/h7-10H,2,6,11H2,1,3-5H3/b19-17?,20-13-,21-16+. The summed E-state index contributed by atoms with van der Waals surface area (Å²) in [4.78, 5) is 14.5. The first kappa shape index (κ1) is 20.3. The fourth-order valence-corrected chi connectivity index (χ4v) is 2.84. The molecule has 0 saturated carbocycles. The molecule has 1 aromatic rings. The van der Waals surface area contributed by atoms with E-state index in [4.69, 9.17) is 20.4 Å².